The fraction of sp³-hybridized carbons (Fsp3) is 0.643. The third-order valence-corrected chi connectivity index (χ3v) is 6.65. The molecule has 6 nitrogen and oxygen atoms in total. The van der Waals surface area contributed by atoms with Crippen molar-refractivity contribution in [2.24, 2.45) is 5.92 Å². The molecule has 0 saturated carbocycles. The van der Waals surface area contributed by atoms with Crippen molar-refractivity contribution in [2.45, 2.75) is 17.1 Å². The highest BCUT2D eigenvalue weighted by Crippen LogP contribution is 2.16. The summed E-state index contributed by atoms with van der Waals surface area (Å²) < 4.78 is 26.6. The Bertz CT molecular complexity index is 586. The van der Waals surface area contributed by atoms with Crippen molar-refractivity contribution in [1.82, 2.24) is 14.5 Å². The molecule has 22 heavy (non-hydrogen) atoms. The van der Waals surface area contributed by atoms with Crippen molar-refractivity contribution in [3.05, 3.63) is 17.5 Å². The predicted molar refractivity (Wildman–Crippen MR) is 87.4 cm³/mol. The largest absolute Gasteiger partial charge is 0.344 e. The van der Waals surface area contributed by atoms with Crippen LogP contribution < -0.4 is 4.72 Å². The molecule has 1 aromatic heterocycles. The lowest BCUT2D eigenvalue weighted by Crippen LogP contribution is -2.43. The Labute approximate surface area is 136 Å². The van der Waals surface area contributed by atoms with E-state index in [1.807, 2.05) is 0 Å². The maximum Gasteiger partial charge on any atom is 0.250 e. The van der Waals surface area contributed by atoms with Crippen LogP contribution in [0.3, 0.4) is 0 Å². The molecule has 124 valence electrons. The van der Waals surface area contributed by atoms with Crippen LogP contribution >= 0.6 is 11.3 Å². The summed E-state index contributed by atoms with van der Waals surface area (Å²) in [5.41, 5.74) is 0. The lowest BCUT2D eigenvalue weighted by Gasteiger charge is -2.32. The molecule has 0 spiro atoms. The van der Waals surface area contributed by atoms with Gasteiger partial charge in [-0.1, -0.05) is 6.07 Å². The van der Waals surface area contributed by atoms with Gasteiger partial charge in [0.15, 0.2) is 0 Å². The SMILES string of the molecule is CN1CCCC(CN(C)C(=O)CNS(=O)(=O)c2cccs2)C1. The van der Waals surface area contributed by atoms with E-state index in [0.717, 1.165) is 37.3 Å². The van der Waals surface area contributed by atoms with Crippen LogP contribution in [-0.4, -0.2) is 64.4 Å². The van der Waals surface area contributed by atoms with Gasteiger partial charge in [-0.15, -0.1) is 11.3 Å². The number of thiophene rings is 1. The van der Waals surface area contributed by atoms with Gasteiger partial charge in [-0.2, -0.15) is 0 Å². The second-order valence-electron chi connectivity index (χ2n) is 5.80. The highest BCUT2D eigenvalue weighted by atomic mass is 32.2. The smallest absolute Gasteiger partial charge is 0.250 e. The molecule has 1 aliphatic heterocycles. The number of likely N-dealkylation sites (N-methyl/N-ethyl adjacent to an activating group) is 1. The van der Waals surface area contributed by atoms with Crippen LogP contribution in [0.4, 0.5) is 0 Å². The van der Waals surface area contributed by atoms with Crippen LogP contribution in [0.5, 0.6) is 0 Å². The fourth-order valence-electron chi connectivity index (χ4n) is 2.69. The number of hydrogen-bond donors (Lipinski definition) is 1. The average Bonchev–Trinajstić information content (AvgIpc) is 3.00. The first-order valence-electron chi connectivity index (χ1n) is 7.34. The summed E-state index contributed by atoms with van der Waals surface area (Å²) in [4.78, 5) is 16.0. The van der Waals surface area contributed by atoms with E-state index >= 15 is 0 Å². The number of piperidine rings is 1. The van der Waals surface area contributed by atoms with Crippen LogP contribution in [0, 0.1) is 5.92 Å². The molecule has 8 heteroatoms. The molecule has 1 atom stereocenters. The monoisotopic (exact) mass is 345 g/mol. The highest BCUT2D eigenvalue weighted by Gasteiger charge is 2.22. The topological polar surface area (TPSA) is 69.7 Å². The summed E-state index contributed by atoms with van der Waals surface area (Å²) in [5.74, 6) is 0.259. The van der Waals surface area contributed by atoms with E-state index in [1.54, 1.807) is 23.4 Å². The second kappa shape index (κ2) is 7.54. The number of likely N-dealkylation sites (tertiary alicyclic amines) is 1. The fourth-order valence-corrected chi connectivity index (χ4v) is 4.70. The Kier molecular flexibility index (Phi) is 5.96. The molecule has 1 aromatic rings. The maximum absolute atomic E-state index is 12.1. The molecular formula is C14H23N3O3S2. The number of nitrogens with one attached hydrogen (secondary N) is 1. The van der Waals surface area contributed by atoms with Crippen LogP contribution in [0.15, 0.2) is 21.7 Å². The van der Waals surface area contributed by atoms with Gasteiger partial charge in [0.05, 0.1) is 6.54 Å². The molecule has 0 aromatic carbocycles. The van der Waals surface area contributed by atoms with Crippen LogP contribution in [0.25, 0.3) is 0 Å². The van der Waals surface area contributed by atoms with E-state index in [-0.39, 0.29) is 16.7 Å². The Morgan fingerprint density at radius 2 is 2.32 bits per heavy atom. The molecule has 1 fully saturated rings. The normalized spacial score (nSPS) is 20.0. The number of sulfonamides is 1. The van der Waals surface area contributed by atoms with E-state index in [4.69, 9.17) is 0 Å². The molecule has 1 amide bonds. The van der Waals surface area contributed by atoms with Crippen molar-refractivity contribution >= 4 is 27.3 Å². The number of nitrogens with zero attached hydrogens (tertiary/aromatic N) is 2. The first-order chi connectivity index (χ1) is 10.4. The summed E-state index contributed by atoms with van der Waals surface area (Å²) in [7, 11) is 0.244. The van der Waals surface area contributed by atoms with Gasteiger partial charge in [0.1, 0.15) is 4.21 Å². The number of carbonyl (C=O) groups excluding carboxylic acids is 1. The minimum atomic E-state index is -3.57. The third kappa shape index (κ3) is 4.77. The maximum atomic E-state index is 12.1. The van der Waals surface area contributed by atoms with E-state index in [1.165, 1.54) is 6.07 Å². The van der Waals surface area contributed by atoms with Crippen LogP contribution in [0.1, 0.15) is 12.8 Å². The number of rotatable bonds is 6. The van der Waals surface area contributed by atoms with Crippen LogP contribution in [-0.2, 0) is 14.8 Å². The first kappa shape index (κ1) is 17.4. The van der Waals surface area contributed by atoms with E-state index in [0.29, 0.717) is 12.5 Å². The Balaban J connectivity index is 1.81. The summed E-state index contributed by atoms with van der Waals surface area (Å²) in [6.07, 6.45) is 2.26. The molecule has 1 aliphatic rings. The van der Waals surface area contributed by atoms with Gasteiger partial charge in [0.2, 0.25) is 5.91 Å². The lowest BCUT2D eigenvalue weighted by molar-refractivity contribution is -0.129. The minimum absolute atomic E-state index is 0.195. The van der Waals surface area contributed by atoms with Crippen molar-refractivity contribution < 1.29 is 13.2 Å². The van der Waals surface area contributed by atoms with Gasteiger partial charge < -0.3 is 9.80 Å². The first-order valence-corrected chi connectivity index (χ1v) is 9.70. The van der Waals surface area contributed by atoms with Gasteiger partial charge in [0.25, 0.3) is 10.0 Å². The lowest BCUT2D eigenvalue weighted by atomic mass is 9.98. The van der Waals surface area contributed by atoms with Gasteiger partial charge in [-0.3, -0.25) is 4.79 Å². The van der Waals surface area contributed by atoms with Crippen LogP contribution in [0.2, 0.25) is 0 Å². The molecular weight excluding hydrogens is 322 g/mol. The highest BCUT2D eigenvalue weighted by molar-refractivity contribution is 7.91. The number of hydrogen-bond acceptors (Lipinski definition) is 5. The van der Waals surface area contributed by atoms with Gasteiger partial charge in [-0.05, 0) is 43.8 Å². The Hall–Kier alpha value is -0.960. The van der Waals surface area contributed by atoms with E-state index in [9.17, 15) is 13.2 Å². The quantitative estimate of drug-likeness (QED) is 0.829. The Morgan fingerprint density at radius 1 is 1.55 bits per heavy atom. The molecule has 0 radical (unpaired) electrons. The van der Waals surface area contributed by atoms with Crippen molar-refractivity contribution in [3.8, 4) is 0 Å². The van der Waals surface area contributed by atoms with Gasteiger partial charge in [0, 0.05) is 20.1 Å². The van der Waals surface area contributed by atoms with Gasteiger partial charge in [-0.25, -0.2) is 13.1 Å². The zero-order valence-electron chi connectivity index (χ0n) is 13.0. The summed E-state index contributed by atoms with van der Waals surface area (Å²) in [6, 6.07) is 3.20. The second-order valence-corrected chi connectivity index (χ2v) is 8.74. The zero-order chi connectivity index (χ0) is 16.2. The molecule has 2 heterocycles. The zero-order valence-corrected chi connectivity index (χ0v) is 14.6. The van der Waals surface area contributed by atoms with Crippen molar-refractivity contribution in [1.29, 1.82) is 0 Å². The minimum Gasteiger partial charge on any atom is -0.344 e. The molecule has 1 saturated heterocycles. The average molecular weight is 345 g/mol. The molecule has 0 bridgehead atoms. The van der Waals surface area contributed by atoms with Gasteiger partial charge >= 0.3 is 0 Å². The number of carbonyl (C=O) groups is 1. The number of amides is 1. The Morgan fingerprint density at radius 3 is 2.95 bits per heavy atom. The predicted octanol–water partition coefficient (Wildman–Crippen LogP) is 0.827. The summed E-state index contributed by atoms with van der Waals surface area (Å²) >= 11 is 1.14. The summed E-state index contributed by atoms with van der Waals surface area (Å²) in [6.45, 7) is 2.57. The molecule has 0 aliphatic carbocycles. The molecule has 2 rings (SSSR count). The molecule has 1 unspecified atom stereocenters. The van der Waals surface area contributed by atoms with E-state index in [2.05, 4.69) is 16.7 Å². The van der Waals surface area contributed by atoms with Crippen molar-refractivity contribution in [2.75, 3.05) is 40.3 Å². The van der Waals surface area contributed by atoms with Crippen molar-refractivity contribution in [3.63, 3.8) is 0 Å². The molecule has 1 N–H and O–H groups in total. The standard InChI is InChI=1S/C14H23N3O3S2/c1-16-7-3-5-12(10-16)11-17(2)13(18)9-15-22(19,20)14-6-4-8-21-14/h4,6,8,12,15H,3,5,7,9-11H2,1-2H3. The van der Waals surface area contributed by atoms with E-state index < -0.39 is 10.0 Å². The summed E-state index contributed by atoms with van der Waals surface area (Å²) in [5, 5.41) is 1.70. The third-order valence-electron chi connectivity index (χ3n) is 3.85.